The van der Waals surface area contributed by atoms with Crippen LogP contribution in [0.15, 0.2) is 47.7 Å². The number of aromatic amines is 1. The first-order valence-corrected chi connectivity index (χ1v) is 9.39. The number of hydrogen-bond acceptors (Lipinski definition) is 6. The Labute approximate surface area is 163 Å². The molecule has 1 N–H and O–H groups in total. The van der Waals surface area contributed by atoms with Crippen LogP contribution in [-0.2, 0) is 0 Å². The molecule has 1 aliphatic carbocycles. The summed E-state index contributed by atoms with van der Waals surface area (Å²) in [6.45, 7) is 3.50. The fourth-order valence-corrected chi connectivity index (χ4v) is 3.69. The zero-order valence-electron chi connectivity index (χ0n) is 14.3. The summed E-state index contributed by atoms with van der Waals surface area (Å²) in [5.74, 6) is 1.19. The van der Waals surface area contributed by atoms with E-state index in [-0.39, 0.29) is 5.56 Å². The Hall–Kier alpha value is -2.78. The quantitative estimate of drug-likeness (QED) is 0.494. The molecule has 27 heavy (non-hydrogen) atoms. The zero-order chi connectivity index (χ0) is 18.4. The molecule has 4 heterocycles. The van der Waals surface area contributed by atoms with Crippen molar-refractivity contribution in [2.75, 3.05) is 31.1 Å². The van der Waals surface area contributed by atoms with Crippen molar-refractivity contribution >= 4 is 27.9 Å². The summed E-state index contributed by atoms with van der Waals surface area (Å²) in [5, 5.41) is 0. The highest BCUT2D eigenvalue weighted by Crippen LogP contribution is 2.28. The van der Waals surface area contributed by atoms with Crippen LogP contribution in [0.1, 0.15) is 0 Å². The summed E-state index contributed by atoms with van der Waals surface area (Å²) in [4.78, 5) is 31.2. The van der Waals surface area contributed by atoms with E-state index in [1.165, 1.54) is 0 Å². The topological polar surface area (TPSA) is 82.4 Å². The Morgan fingerprint density at radius 3 is 2.70 bits per heavy atom. The Morgan fingerprint density at radius 1 is 1.04 bits per heavy atom. The largest absolute Gasteiger partial charge is 0.338 e. The maximum Gasteiger partial charge on any atom is 0.258 e. The first-order valence-electron chi connectivity index (χ1n) is 8.68. The lowest BCUT2D eigenvalue weighted by Gasteiger charge is -2.30. The molecule has 0 spiro atoms. The molecule has 1 saturated heterocycles. The van der Waals surface area contributed by atoms with Crippen LogP contribution in [-0.4, -0.2) is 54.4 Å². The number of rotatable bonds is 2. The summed E-state index contributed by atoms with van der Waals surface area (Å²) in [5.41, 5.74) is 2.63. The molecular weight excluding hydrogens is 410 g/mol. The number of fused-ring (bicyclic) bond motifs is 2. The average Bonchev–Trinajstić information content (AvgIpc) is 3.13. The van der Waals surface area contributed by atoms with Crippen LogP contribution in [0.25, 0.3) is 28.3 Å². The minimum atomic E-state index is -0.152. The summed E-state index contributed by atoms with van der Waals surface area (Å²) in [6.07, 6.45) is 3.50. The summed E-state index contributed by atoms with van der Waals surface area (Å²) in [7, 11) is 0. The van der Waals surface area contributed by atoms with Crippen LogP contribution in [0.3, 0.4) is 0 Å². The lowest BCUT2D eigenvalue weighted by molar-refractivity contribution is 0.439. The maximum absolute atomic E-state index is 12.5. The van der Waals surface area contributed by atoms with E-state index in [4.69, 9.17) is 0 Å². The molecule has 2 aromatic rings. The van der Waals surface area contributed by atoms with Gasteiger partial charge in [0.1, 0.15) is 6.33 Å². The Balaban J connectivity index is 1.57. The highest BCUT2D eigenvalue weighted by molar-refractivity contribution is 9.07. The van der Waals surface area contributed by atoms with Crippen LogP contribution < -0.4 is 10.5 Å². The molecule has 0 radical (unpaired) electrons. The van der Waals surface area contributed by atoms with E-state index in [0.717, 1.165) is 37.4 Å². The van der Waals surface area contributed by atoms with Crippen molar-refractivity contribution in [2.24, 2.45) is 0 Å². The van der Waals surface area contributed by atoms with Crippen molar-refractivity contribution in [1.82, 2.24) is 28.3 Å². The number of nitrogens with zero attached hydrogens (tertiary/aromatic N) is 6. The molecule has 0 aromatic carbocycles. The predicted molar refractivity (Wildman–Crippen MR) is 106 cm³/mol. The van der Waals surface area contributed by atoms with Gasteiger partial charge in [0.15, 0.2) is 0 Å². The van der Waals surface area contributed by atoms with E-state index >= 15 is 0 Å². The molecule has 136 valence electrons. The van der Waals surface area contributed by atoms with E-state index in [1.807, 2.05) is 30.3 Å². The SMILES string of the molecule is O=c1[nH]c2cccccc-2c1-c1cn2cnc(N3CCN(Br)CC3)nc2n1. The fourth-order valence-electron chi connectivity index (χ4n) is 3.37. The third-order valence-electron chi connectivity index (χ3n) is 4.76. The van der Waals surface area contributed by atoms with E-state index in [1.54, 1.807) is 16.9 Å². The fraction of sp³-hybridized carbons (Fsp3) is 0.222. The number of halogens is 1. The number of piperazine rings is 1. The summed E-state index contributed by atoms with van der Waals surface area (Å²) >= 11 is 3.50. The van der Waals surface area contributed by atoms with Gasteiger partial charge in [0.2, 0.25) is 11.7 Å². The lowest BCUT2D eigenvalue weighted by atomic mass is 10.1. The van der Waals surface area contributed by atoms with Gasteiger partial charge in [0, 0.05) is 59.8 Å². The van der Waals surface area contributed by atoms with Gasteiger partial charge >= 0.3 is 0 Å². The molecule has 0 amide bonds. The van der Waals surface area contributed by atoms with Gasteiger partial charge in [-0.1, -0.05) is 24.3 Å². The monoisotopic (exact) mass is 425 g/mol. The van der Waals surface area contributed by atoms with Crippen molar-refractivity contribution in [2.45, 2.75) is 0 Å². The van der Waals surface area contributed by atoms with Gasteiger partial charge in [-0.05, 0) is 6.07 Å². The van der Waals surface area contributed by atoms with Crippen molar-refractivity contribution in [3.05, 3.63) is 53.2 Å². The molecule has 8 nitrogen and oxygen atoms in total. The maximum atomic E-state index is 12.5. The summed E-state index contributed by atoms with van der Waals surface area (Å²) in [6, 6.07) is 9.55. The number of H-pyrrole nitrogens is 1. The van der Waals surface area contributed by atoms with Crippen LogP contribution in [0, 0.1) is 0 Å². The van der Waals surface area contributed by atoms with E-state index < -0.39 is 0 Å². The predicted octanol–water partition coefficient (Wildman–Crippen LogP) is 2.02. The Kier molecular flexibility index (Phi) is 3.91. The molecule has 3 aliphatic rings. The molecule has 1 fully saturated rings. The van der Waals surface area contributed by atoms with Gasteiger partial charge in [0.05, 0.1) is 11.3 Å². The van der Waals surface area contributed by atoms with Crippen LogP contribution >= 0.6 is 16.1 Å². The minimum absolute atomic E-state index is 0.152. The number of nitrogens with one attached hydrogen (secondary N) is 1. The van der Waals surface area contributed by atoms with E-state index in [2.05, 4.69) is 44.9 Å². The average molecular weight is 426 g/mol. The minimum Gasteiger partial charge on any atom is -0.338 e. The molecular formula is C18H16BrN7O. The second-order valence-corrected chi connectivity index (χ2v) is 7.46. The summed E-state index contributed by atoms with van der Waals surface area (Å²) < 4.78 is 3.85. The molecule has 0 atom stereocenters. The highest BCUT2D eigenvalue weighted by Gasteiger charge is 2.21. The van der Waals surface area contributed by atoms with Gasteiger partial charge in [0.25, 0.3) is 5.56 Å². The molecule has 9 heteroatoms. The third-order valence-corrected chi connectivity index (χ3v) is 5.47. The van der Waals surface area contributed by atoms with Gasteiger partial charge < -0.3 is 9.88 Å². The molecule has 0 unspecified atom stereocenters. The van der Waals surface area contributed by atoms with Gasteiger partial charge in [-0.2, -0.15) is 4.98 Å². The normalized spacial score (nSPS) is 15.7. The Bertz CT molecular complexity index is 1150. The van der Waals surface area contributed by atoms with Crippen molar-refractivity contribution in [1.29, 1.82) is 0 Å². The van der Waals surface area contributed by atoms with Crippen LogP contribution in [0.2, 0.25) is 0 Å². The molecule has 5 rings (SSSR count). The first-order chi connectivity index (χ1) is 13.2. The third kappa shape index (κ3) is 2.88. The van der Waals surface area contributed by atoms with Crippen molar-refractivity contribution in [3.8, 4) is 22.5 Å². The van der Waals surface area contributed by atoms with Crippen molar-refractivity contribution < 1.29 is 0 Å². The number of hydrogen-bond donors (Lipinski definition) is 1. The van der Waals surface area contributed by atoms with Crippen LogP contribution in [0.4, 0.5) is 5.95 Å². The van der Waals surface area contributed by atoms with E-state index in [9.17, 15) is 4.79 Å². The molecule has 2 aromatic heterocycles. The second kappa shape index (κ2) is 6.43. The molecule has 2 aliphatic heterocycles. The van der Waals surface area contributed by atoms with Gasteiger partial charge in [-0.15, -0.1) is 0 Å². The molecule has 0 bridgehead atoms. The first kappa shape index (κ1) is 16.4. The second-order valence-electron chi connectivity index (χ2n) is 6.45. The Morgan fingerprint density at radius 2 is 1.85 bits per heavy atom. The van der Waals surface area contributed by atoms with E-state index in [0.29, 0.717) is 23.0 Å². The standard InChI is InChI=1S/C18H16BrN7O/c19-26-8-6-24(7-9-26)17-20-11-25-10-14(22-18(25)23-17)15-12-4-2-1-3-5-13(12)21-16(15)27/h1-5,10-11H,6-9H2,(H,21,27). The lowest BCUT2D eigenvalue weighted by Crippen LogP contribution is -2.43. The zero-order valence-corrected chi connectivity index (χ0v) is 15.9. The highest BCUT2D eigenvalue weighted by atomic mass is 79.9. The van der Waals surface area contributed by atoms with Crippen molar-refractivity contribution in [3.63, 3.8) is 0 Å². The van der Waals surface area contributed by atoms with Gasteiger partial charge in [-0.3, -0.25) is 9.20 Å². The van der Waals surface area contributed by atoms with Crippen LogP contribution in [0.5, 0.6) is 0 Å². The van der Waals surface area contributed by atoms with Gasteiger partial charge in [-0.25, -0.2) is 13.9 Å². The number of anilines is 1. The smallest absolute Gasteiger partial charge is 0.258 e. The molecule has 0 saturated carbocycles. The number of imidazole rings is 1. The number of aromatic nitrogens is 5.